The number of benzene rings is 2. The third kappa shape index (κ3) is 3.23. The highest BCUT2D eigenvalue weighted by molar-refractivity contribution is 8.00. The molecule has 138 valence electrons. The minimum absolute atomic E-state index is 0.156. The van der Waals surface area contributed by atoms with Crippen LogP contribution < -0.4 is 10.1 Å². The van der Waals surface area contributed by atoms with Crippen molar-refractivity contribution in [1.29, 1.82) is 0 Å². The highest BCUT2D eigenvalue weighted by atomic mass is 32.2. The molecule has 0 fully saturated rings. The largest absolute Gasteiger partial charge is 0.495 e. The van der Waals surface area contributed by atoms with E-state index in [4.69, 9.17) is 9.15 Å². The van der Waals surface area contributed by atoms with Crippen molar-refractivity contribution in [3.63, 3.8) is 0 Å². The smallest absolute Gasteiger partial charge is 0.237 e. The number of nitrogens with zero attached hydrogens (tertiary/aromatic N) is 3. The summed E-state index contributed by atoms with van der Waals surface area (Å²) in [6.07, 6.45) is 1.60. The number of nitrogens with one attached hydrogen (secondary N) is 1. The molecule has 0 spiro atoms. The molecule has 1 N–H and O–H groups in total. The molecule has 0 unspecified atom stereocenters. The van der Waals surface area contributed by atoms with Gasteiger partial charge in [0.1, 0.15) is 23.2 Å². The lowest BCUT2D eigenvalue weighted by Crippen LogP contribution is -2.23. The van der Waals surface area contributed by atoms with Gasteiger partial charge in [0.2, 0.25) is 5.91 Å². The maximum atomic E-state index is 12.7. The Labute approximate surface area is 159 Å². The lowest BCUT2D eigenvalue weighted by atomic mass is 10.1. The number of rotatable bonds is 5. The van der Waals surface area contributed by atoms with E-state index < -0.39 is 0 Å². The second-order valence-corrected chi connectivity index (χ2v) is 7.43. The van der Waals surface area contributed by atoms with E-state index in [0.29, 0.717) is 22.2 Å². The molecule has 0 aliphatic heterocycles. The van der Waals surface area contributed by atoms with Crippen molar-refractivity contribution < 1.29 is 13.9 Å². The number of hydrogen-bond acceptors (Lipinski definition) is 6. The summed E-state index contributed by atoms with van der Waals surface area (Å²) in [7, 11) is 3.42. The van der Waals surface area contributed by atoms with E-state index in [9.17, 15) is 4.79 Å². The number of anilines is 1. The quantitative estimate of drug-likeness (QED) is 0.528. The molecule has 1 atom stereocenters. The number of thioether (sulfide) groups is 1. The van der Waals surface area contributed by atoms with Crippen LogP contribution in [0.2, 0.25) is 0 Å². The number of hydrogen-bond donors (Lipinski definition) is 1. The number of ether oxygens (including phenoxy) is 1. The van der Waals surface area contributed by atoms with Crippen molar-refractivity contribution in [2.24, 2.45) is 7.05 Å². The number of aryl methyl sites for hydroxylation is 1. The van der Waals surface area contributed by atoms with E-state index in [-0.39, 0.29) is 11.2 Å². The highest BCUT2D eigenvalue weighted by Gasteiger charge is 2.20. The Morgan fingerprint density at radius 3 is 2.81 bits per heavy atom. The first-order valence-electron chi connectivity index (χ1n) is 8.37. The van der Waals surface area contributed by atoms with Crippen LogP contribution in [0.4, 0.5) is 5.69 Å². The molecule has 0 bridgehead atoms. The van der Waals surface area contributed by atoms with E-state index in [0.717, 1.165) is 16.4 Å². The van der Waals surface area contributed by atoms with E-state index in [2.05, 4.69) is 15.5 Å². The third-order valence-electron chi connectivity index (χ3n) is 4.28. The molecule has 1 amide bonds. The van der Waals surface area contributed by atoms with E-state index >= 15 is 0 Å². The van der Waals surface area contributed by atoms with Gasteiger partial charge in [0.25, 0.3) is 0 Å². The maximum Gasteiger partial charge on any atom is 0.237 e. The van der Waals surface area contributed by atoms with Crippen LogP contribution in [0.3, 0.4) is 0 Å². The molecular formula is C19H18N4O3S. The molecule has 4 aromatic rings. The minimum Gasteiger partial charge on any atom is -0.495 e. The zero-order valence-electron chi connectivity index (χ0n) is 15.1. The predicted molar refractivity (Wildman–Crippen MR) is 105 cm³/mol. The van der Waals surface area contributed by atoms with Gasteiger partial charge < -0.3 is 19.0 Å². The van der Waals surface area contributed by atoms with E-state index in [1.54, 1.807) is 24.1 Å². The SMILES string of the molecule is COc1cc2c(cc1NC(=O)[C@H](C)Sc1nncn1C)oc1ccccc12. The number of carbonyl (C=O) groups is 1. The van der Waals surface area contributed by atoms with Gasteiger partial charge in [-0.05, 0) is 19.1 Å². The Kier molecular flexibility index (Phi) is 4.49. The van der Waals surface area contributed by atoms with Gasteiger partial charge in [-0.15, -0.1) is 10.2 Å². The van der Waals surface area contributed by atoms with Gasteiger partial charge in [0, 0.05) is 23.9 Å². The van der Waals surface area contributed by atoms with Gasteiger partial charge in [0.15, 0.2) is 5.16 Å². The minimum atomic E-state index is -0.357. The Hall–Kier alpha value is -3.00. The summed E-state index contributed by atoms with van der Waals surface area (Å²) >= 11 is 1.34. The third-order valence-corrected chi connectivity index (χ3v) is 5.43. The zero-order chi connectivity index (χ0) is 19.0. The van der Waals surface area contributed by atoms with Gasteiger partial charge in [-0.1, -0.05) is 30.0 Å². The number of methoxy groups -OCH3 is 1. The van der Waals surface area contributed by atoms with Gasteiger partial charge in [-0.3, -0.25) is 4.79 Å². The molecule has 0 saturated carbocycles. The number of para-hydroxylation sites is 1. The Morgan fingerprint density at radius 1 is 1.26 bits per heavy atom. The maximum absolute atomic E-state index is 12.7. The molecule has 7 nitrogen and oxygen atoms in total. The van der Waals surface area contributed by atoms with Crippen LogP contribution in [0.5, 0.6) is 5.75 Å². The normalized spacial score (nSPS) is 12.4. The molecule has 2 aromatic heterocycles. The average molecular weight is 382 g/mol. The molecule has 0 aliphatic carbocycles. The van der Waals surface area contributed by atoms with Crippen molar-refractivity contribution in [1.82, 2.24) is 14.8 Å². The molecule has 2 heterocycles. The molecule has 8 heteroatoms. The first kappa shape index (κ1) is 17.4. The number of aromatic nitrogens is 3. The summed E-state index contributed by atoms with van der Waals surface area (Å²) in [6, 6.07) is 11.5. The molecule has 27 heavy (non-hydrogen) atoms. The Bertz CT molecular complexity index is 1130. The van der Waals surface area contributed by atoms with E-state index in [1.807, 2.05) is 44.3 Å². The molecular weight excluding hydrogens is 364 g/mol. The van der Waals surface area contributed by atoms with Crippen LogP contribution in [0.1, 0.15) is 6.92 Å². The lowest BCUT2D eigenvalue weighted by molar-refractivity contribution is -0.115. The van der Waals surface area contributed by atoms with Crippen molar-refractivity contribution in [3.05, 3.63) is 42.7 Å². The predicted octanol–water partition coefficient (Wildman–Crippen LogP) is 3.84. The molecule has 0 radical (unpaired) electrons. The van der Waals surface area contributed by atoms with Crippen LogP contribution in [0.25, 0.3) is 21.9 Å². The second-order valence-electron chi connectivity index (χ2n) is 6.12. The van der Waals surface area contributed by atoms with Crippen molar-refractivity contribution in [2.75, 3.05) is 12.4 Å². The van der Waals surface area contributed by atoms with E-state index in [1.165, 1.54) is 11.8 Å². The number of fused-ring (bicyclic) bond motifs is 3. The van der Waals surface area contributed by atoms with Crippen LogP contribution in [0, 0.1) is 0 Å². The van der Waals surface area contributed by atoms with Gasteiger partial charge >= 0.3 is 0 Å². The second kappa shape index (κ2) is 6.96. The Morgan fingerprint density at radius 2 is 2.07 bits per heavy atom. The monoisotopic (exact) mass is 382 g/mol. The lowest BCUT2D eigenvalue weighted by Gasteiger charge is -2.14. The van der Waals surface area contributed by atoms with Crippen LogP contribution in [-0.2, 0) is 11.8 Å². The first-order valence-corrected chi connectivity index (χ1v) is 9.25. The molecule has 4 rings (SSSR count). The summed E-state index contributed by atoms with van der Waals surface area (Å²) in [4.78, 5) is 12.7. The summed E-state index contributed by atoms with van der Waals surface area (Å²) in [5, 5.41) is 13.0. The van der Waals surface area contributed by atoms with Crippen LogP contribution >= 0.6 is 11.8 Å². The molecule has 0 saturated heterocycles. The van der Waals surface area contributed by atoms with Gasteiger partial charge in [-0.25, -0.2) is 0 Å². The standard InChI is InChI=1S/C19H18N4O3S/c1-11(27-19-22-20-10-23(19)2)18(24)21-14-9-16-13(8-17(14)25-3)12-6-4-5-7-15(12)26-16/h4-11H,1-3H3,(H,21,24)/t11-/m0/s1. The van der Waals surface area contributed by atoms with Crippen molar-refractivity contribution in [2.45, 2.75) is 17.3 Å². The fourth-order valence-electron chi connectivity index (χ4n) is 2.84. The fourth-order valence-corrected chi connectivity index (χ4v) is 3.63. The first-order chi connectivity index (χ1) is 13.1. The average Bonchev–Trinajstić information content (AvgIpc) is 3.23. The van der Waals surface area contributed by atoms with Crippen molar-refractivity contribution >= 4 is 45.3 Å². The number of amides is 1. The topological polar surface area (TPSA) is 82.2 Å². The van der Waals surface area contributed by atoms with Gasteiger partial charge in [-0.2, -0.15) is 0 Å². The Balaban J connectivity index is 1.63. The molecule has 0 aliphatic rings. The fraction of sp³-hybridized carbons (Fsp3) is 0.211. The summed E-state index contributed by atoms with van der Waals surface area (Å²) in [6.45, 7) is 1.82. The van der Waals surface area contributed by atoms with Gasteiger partial charge in [0.05, 0.1) is 18.0 Å². The molecule has 2 aromatic carbocycles. The summed E-state index contributed by atoms with van der Waals surface area (Å²) in [5.74, 6) is 0.426. The van der Waals surface area contributed by atoms with Crippen molar-refractivity contribution in [3.8, 4) is 5.75 Å². The number of furan rings is 1. The van der Waals surface area contributed by atoms with Crippen LogP contribution in [-0.4, -0.2) is 33.0 Å². The summed E-state index contributed by atoms with van der Waals surface area (Å²) in [5.41, 5.74) is 2.06. The zero-order valence-corrected chi connectivity index (χ0v) is 15.9. The highest BCUT2D eigenvalue weighted by Crippen LogP contribution is 2.36. The number of carbonyl (C=O) groups excluding carboxylic acids is 1. The van der Waals surface area contributed by atoms with Crippen LogP contribution in [0.15, 0.2) is 52.3 Å². The summed E-state index contributed by atoms with van der Waals surface area (Å²) < 4.78 is 13.2.